The summed E-state index contributed by atoms with van der Waals surface area (Å²) < 4.78 is 8.66. The van der Waals surface area contributed by atoms with Crippen LogP contribution in [0.3, 0.4) is 0 Å². The molecule has 8 bridgehead atoms. The number of nitrogens with zero attached hydrogens (tertiary/aromatic N) is 5. The van der Waals surface area contributed by atoms with Crippen LogP contribution in [0.25, 0.3) is 10.8 Å². The molecule has 178 valence electrons. The van der Waals surface area contributed by atoms with Crippen LogP contribution in [-0.2, 0) is 4.79 Å². The molecule has 0 N–H and O–H groups in total. The van der Waals surface area contributed by atoms with Gasteiger partial charge in [0.05, 0.1) is 41.8 Å². The van der Waals surface area contributed by atoms with Crippen LogP contribution in [0, 0.1) is 18.3 Å². The van der Waals surface area contributed by atoms with Crippen LogP contribution in [0.2, 0.25) is 0 Å². The van der Waals surface area contributed by atoms with E-state index in [1.807, 2.05) is 72.6 Å². The van der Waals surface area contributed by atoms with Gasteiger partial charge in [-0.1, -0.05) is 24.3 Å². The first-order valence-corrected chi connectivity index (χ1v) is 12.4. The number of carbonyl (C=O) groups excluding carboxylic acids is 1. The Morgan fingerprint density at radius 2 is 1.94 bits per heavy atom. The number of carbonyl (C=O) groups is 1. The molecule has 1 amide bonds. The Balaban J connectivity index is 1.46. The summed E-state index contributed by atoms with van der Waals surface area (Å²) in [6.45, 7) is 3.85. The summed E-state index contributed by atoms with van der Waals surface area (Å²) in [6, 6.07) is 20.4. The van der Waals surface area contributed by atoms with E-state index in [1.165, 1.54) is 0 Å². The zero-order chi connectivity index (χ0) is 24.4. The summed E-state index contributed by atoms with van der Waals surface area (Å²) >= 11 is 0. The third-order valence-corrected chi connectivity index (χ3v) is 7.93. The number of hydrogen-bond acceptors (Lipinski definition) is 5. The summed E-state index contributed by atoms with van der Waals surface area (Å²) in [4.78, 5) is 22.4. The van der Waals surface area contributed by atoms with Gasteiger partial charge in [-0.2, -0.15) is 5.26 Å². The Labute approximate surface area is 209 Å². The molecule has 0 radical (unpaired) electrons. The van der Waals surface area contributed by atoms with E-state index in [0.29, 0.717) is 30.2 Å². The highest BCUT2D eigenvalue weighted by Gasteiger charge is 2.37. The molecule has 1 aromatic heterocycles. The minimum absolute atomic E-state index is 0.0990. The Morgan fingerprint density at radius 3 is 2.81 bits per heavy atom. The van der Waals surface area contributed by atoms with E-state index in [0.717, 1.165) is 52.9 Å². The van der Waals surface area contributed by atoms with E-state index >= 15 is 0 Å². The van der Waals surface area contributed by atoms with Crippen molar-refractivity contribution in [2.24, 2.45) is 0 Å². The fourth-order valence-corrected chi connectivity index (χ4v) is 6.20. The Morgan fingerprint density at radius 1 is 1.06 bits per heavy atom. The molecule has 36 heavy (non-hydrogen) atoms. The molecule has 3 aromatic carbocycles. The molecule has 6 aliphatic rings. The fraction of sp³-hybridized carbons (Fsp3) is 0.276. The third-order valence-electron chi connectivity index (χ3n) is 7.93. The first-order chi connectivity index (χ1) is 17.6. The van der Waals surface area contributed by atoms with Crippen molar-refractivity contribution in [3.05, 3.63) is 83.4 Å². The van der Waals surface area contributed by atoms with Crippen LogP contribution < -0.4 is 9.64 Å². The van der Waals surface area contributed by atoms with E-state index in [-0.39, 0.29) is 18.0 Å². The minimum atomic E-state index is 0.0990. The Bertz CT molecular complexity index is 1580. The number of hydrogen-bond donors (Lipinski definition) is 0. The number of nitriles is 1. The molecule has 4 aromatic rings. The SMILES string of the molecule is Cc1ncc2n1C1CCC2N2CCN(C(=O)C2)c2cccc3ccc(cc23)Oc2cc1ccc2C#N. The number of imidazole rings is 1. The van der Waals surface area contributed by atoms with Gasteiger partial charge in [-0.25, -0.2) is 4.98 Å². The van der Waals surface area contributed by atoms with E-state index in [2.05, 4.69) is 20.5 Å². The lowest BCUT2D eigenvalue weighted by atomic mass is 9.91. The number of ether oxygens (including phenoxy) is 1. The maximum atomic E-state index is 13.5. The maximum Gasteiger partial charge on any atom is 0.241 e. The zero-order valence-electron chi connectivity index (χ0n) is 20.0. The number of aromatic nitrogens is 2. The van der Waals surface area contributed by atoms with Gasteiger partial charge in [0, 0.05) is 18.5 Å². The second-order valence-electron chi connectivity index (χ2n) is 9.85. The highest BCUT2D eigenvalue weighted by molar-refractivity contribution is 6.05. The van der Waals surface area contributed by atoms with Crippen molar-refractivity contribution < 1.29 is 9.53 Å². The summed E-state index contributed by atoms with van der Waals surface area (Å²) in [7, 11) is 0. The number of anilines is 1. The minimum Gasteiger partial charge on any atom is -0.456 e. The molecule has 3 atom stereocenters. The predicted molar refractivity (Wildman–Crippen MR) is 136 cm³/mol. The summed E-state index contributed by atoms with van der Waals surface area (Å²) in [6.07, 6.45) is 3.83. The van der Waals surface area contributed by atoms with Crippen LogP contribution in [0.15, 0.2) is 60.8 Å². The molecule has 3 unspecified atom stereocenters. The molecule has 0 saturated carbocycles. The second-order valence-corrected chi connectivity index (χ2v) is 9.85. The van der Waals surface area contributed by atoms with Crippen LogP contribution in [0.4, 0.5) is 5.69 Å². The van der Waals surface area contributed by atoms with Gasteiger partial charge in [-0.3, -0.25) is 9.69 Å². The van der Waals surface area contributed by atoms with E-state index in [9.17, 15) is 10.1 Å². The first kappa shape index (κ1) is 21.2. The van der Waals surface area contributed by atoms with Crippen molar-refractivity contribution in [2.45, 2.75) is 31.8 Å². The maximum absolute atomic E-state index is 13.5. The second kappa shape index (κ2) is 7.94. The van der Waals surface area contributed by atoms with Crippen molar-refractivity contribution in [3.8, 4) is 17.6 Å². The van der Waals surface area contributed by atoms with Gasteiger partial charge in [-0.15, -0.1) is 0 Å². The number of piperazine rings is 1. The van der Waals surface area contributed by atoms with Gasteiger partial charge in [0.15, 0.2) is 0 Å². The van der Waals surface area contributed by atoms with Crippen LogP contribution in [-0.4, -0.2) is 40.0 Å². The van der Waals surface area contributed by atoms with E-state index in [1.54, 1.807) is 0 Å². The zero-order valence-corrected chi connectivity index (χ0v) is 20.0. The molecule has 1 saturated heterocycles. The lowest BCUT2D eigenvalue weighted by molar-refractivity contribution is -0.122. The third kappa shape index (κ3) is 3.15. The predicted octanol–water partition coefficient (Wildman–Crippen LogP) is 5.10. The van der Waals surface area contributed by atoms with Crippen molar-refractivity contribution >= 4 is 22.4 Å². The molecule has 0 aliphatic carbocycles. The summed E-state index contributed by atoms with van der Waals surface area (Å²) in [5.41, 5.74) is 3.64. The van der Waals surface area contributed by atoms with E-state index < -0.39 is 0 Å². The quantitative estimate of drug-likeness (QED) is 0.354. The van der Waals surface area contributed by atoms with Gasteiger partial charge in [0.1, 0.15) is 23.4 Å². The molecule has 10 rings (SSSR count). The lowest BCUT2D eigenvalue weighted by Gasteiger charge is -2.42. The van der Waals surface area contributed by atoms with Crippen molar-refractivity contribution in [1.82, 2.24) is 14.5 Å². The fourth-order valence-electron chi connectivity index (χ4n) is 6.20. The topological polar surface area (TPSA) is 74.4 Å². The highest BCUT2D eigenvalue weighted by atomic mass is 16.5. The van der Waals surface area contributed by atoms with Gasteiger partial charge in [-0.05, 0) is 61.0 Å². The standard InChI is InChI=1S/C29H25N5O2/c1-18-31-16-27-26-10-9-24(34(18)27)20-5-6-21(15-30)28(13-20)36-22-8-7-19-3-2-4-25(23(19)14-22)33-12-11-32(26)17-29(33)35/h2-8,13-14,16,24,26H,9-12,17H2,1H3. The average molecular weight is 476 g/mol. The molecule has 7 nitrogen and oxygen atoms in total. The lowest BCUT2D eigenvalue weighted by Crippen LogP contribution is -2.52. The monoisotopic (exact) mass is 475 g/mol. The number of aryl methyl sites for hydroxylation is 1. The van der Waals surface area contributed by atoms with Gasteiger partial charge >= 0.3 is 0 Å². The van der Waals surface area contributed by atoms with Crippen LogP contribution >= 0.6 is 0 Å². The molecule has 7 heteroatoms. The normalized spacial score (nSPS) is 22.5. The number of benzene rings is 3. The van der Waals surface area contributed by atoms with Crippen molar-refractivity contribution in [3.63, 3.8) is 0 Å². The summed E-state index contributed by atoms with van der Waals surface area (Å²) in [5, 5.41) is 11.8. The molecule has 1 fully saturated rings. The van der Waals surface area contributed by atoms with Crippen molar-refractivity contribution in [1.29, 1.82) is 5.26 Å². The molecule has 0 spiro atoms. The van der Waals surface area contributed by atoms with Crippen molar-refractivity contribution in [2.75, 3.05) is 24.5 Å². The summed E-state index contributed by atoms with van der Waals surface area (Å²) in [5.74, 6) is 2.25. The molecule has 6 aliphatic heterocycles. The molecular formula is C29H25N5O2. The van der Waals surface area contributed by atoms with Crippen LogP contribution in [0.1, 0.15) is 47.6 Å². The number of rotatable bonds is 0. The Hall–Kier alpha value is -4.15. The van der Waals surface area contributed by atoms with Gasteiger partial charge in [0.2, 0.25) is 5.91 Å². The van der Waals surface area contributed by atoms with Gasteiger partial charge < -0.3 is 14.2 Å². The average Bonchev–Trinajstić information content (AvgIpc) is 3.29. The molecule has 7 heterocycles. The van der Waals surface area contributed by atoms with Crippen LogP contribution in [0.5, 0.6) is 11.5 Å². The highest BCUT2D eigenvalue weighted by Crippen LogP contribution is 2.42. The smallest absolute Gasteiger partial charge is 0.241 e. The largest absolute Gasteiger partial charge is 0.456 e. The molecular weight excluding hydrogens is 450 g/mol. The van der Waals surface area contributed by atoms with E-state index in [4.69, 9.17) is 4.74 Å². The first-order valence-electron chi connectivity index (χ1n) is 12.4. The Kier molecular flexibility index (Phi) is 4.66. The number of amides is 1. The van der Waals surface area contributed by atoms with Gasteiger partial charge in [0.25, 0.3) is 0 Å².